The van der Waals surface area contributed by atoms with Crippen LogP contribution in [0.1, 0.15) is 45.3 Å². The molecule has 3 heterocycles. The zero-order chi connectivity index (χ0) is 24.4. The number of aryl methyl sites for hydroxylation is 1. The third-order valence-electron chi connectivity index (χ3n) is 6.58. The number of nitrogens with zero attached hydrogens (tertiary/aromatic N) is 4. The van der Waals surface area contributed by atoms with Gasteiger partial charge in [0.15, 0.2) is 0 Å². The molecule has 0 atom stereocenters. The van der Waals surface area contributed by atoms with Gasteiger partial charge in [-0.3, -0.25) is 4.79 Å². The summed E-state index contributed by atoms with van der Waals surface area (Å²) in [4.78, 5) is 27.7. The maximum atomic E-state index is 13.7. The lowest BCUT2D eigenvalue weighted by atomic mass is 10.0. The number of benzene rings is 2. The van der Waals surface area contributed by atoms with Crippen LogP contribution in [-0.4, -0.2) is 51.3 Å². The molecule has 0 aliphatic carbocycles. The maximum Gasteiger partial charge on any atom is 0.354 e. The zero-order valence-electron chi connectivity index (χ0n) is 19.9. The first-order chi connectivity index (χ1) is 17.0. The van der Waals surface area contributed by atoms with Gasteiger partial charge in [-0.1, -0.05) is 42.0 Å². The van der Waals surface area contributed by atoms with Crippen molar-refractivity contribution in [1.29, 1.82) is 0 Å². The Labute approximate surface area is 204 Å². The van der Waals surface area contributed by atoms with Gasteiger partial charge in [-0.25, -0.2) is 9.48 Å². The first kappa shape index (κ1) is 22.7. The van der Waals surface area contributed by atoms with Crippen LogP contribution in [0.2, 0.25) is 0 Å². The Kier molecular flexibility index (Phi) is 6.23. The smallest absolute Gasteiger partial charge is 0.354 e. The monoisotopic (exact) mass is 468 g/mol. The maximum absolute atomic E-state index is 13.7. The van der Waals surface area contributed by atoms with Gasteiger partial charge in [-0.15, -0.1) is 0 Å². The lowest BCUT2D eigenvalue weighted by Crippen LogP contribution is -2.39. The highest BCUT2D eigenvalue weighted by Gasteiger charge is 2.29. The fraction of sp³-hybridized carbons (Fsp3) is 0.250. The number of amides is 1. The van der Waals surface area contributed by atoms with Crippen LogP contribution in [0.5, 0.6) is 0 Å². The second kappa shape index (κ2) is 9.62. The molecule has 1 fully saturated rings. The van der Waals surface area contributed by atoms with Gasteiger partial charge in [0.1, 0.15) is 11.4 Å². The molecule has 178 valence electrons. The molecule has 0 unspecified atom stereocenters. The molecule has 4 aromatic rings. The van der Waals surface area contributed by atoms with E-state index >= 15 is 0 Å². The number of para-hydroxylation sites is 1. The fourth-order valence-electron chi connectivity index (χ4n) is 4.76. The number of hydrogen-bond donors (Lipinski definition) is 0. The minimum absolute atomic E-state index is 0.0252. The Bertz CT molecular complexity index is 1350. The molecule has 0 radical (unpaired) electrons. The molecule has 1 aliphatic heterocycles. The molecule has 0 bridgehead atoms. The number of carbonyl (C=O) groups excluding carboxylic acids is 2. The summed E-state index contributed by atoms with van der Waals surface area (Å²) < 4.78 is 8.66. The van der Waals surface area contributed by atoms with Crippen molar-refractivity contribution in [3.8, 4) is 16.9 Å². The standard InChI is InChI=1S/C28H28N4O3/c1-20-8-6-9-21(18-20)26-24(19-32(29-26)23-10-4-3-5-11-23)27(33)30-16-13-22(14-17-30)31-15-7-12-25(31)28(34)35-2/h3-12,15,18-19,22H,13-14,16-17H2,1-2H3. The van der Waals surface area contributed by atoms with Crippen LogP contribution in [0.4, 0.5) is 0 Å². The predicted octanol–water partition coefficient (Wildman–Crippen LogP) is 4.91. The van der Waals surface area contributed by atoms with Crippen LogP contribution in [0.15, 0.2) is 79.1 Å². The van der Waals surface area contributed by atoms with Gasteiger partial charge in [0.25, 0.3) is 5.91 Å². The average Bonchev–Trinajstić information content (AvgIpc) is 3.57. The molecule has 0 saturated carbocycles. The molecule has 1 amide bonds. The summed E-state index contributed by atoms with van der Waals surface area (Å²) in [7, 11) is 1.39. The van der Waals surface area contributed by atoms with Gasteiger partial charge in [0.05, 0.1) is 18.4 Å². The largest absolute Gasteiger partial charge is 0.464 e. The molecule has 1 aliphatic rings. The molecule has 35 heavy (non-hydrogen) atoms. The van der Waals surface area contributed by atoms with Gasteiger partial charge in [0.2, 0.25) is 0 Å². The van der Waals surface area contributed by atoms with Gasteiger partial charge in [-0.2, -0.15) is 5.10 Å². The summed E-state index contributed by atoms with van der Waals surface area (Å²) in [5.41, 5.74) is 4.76. The van der Waals surface area contributed by atoms with Gasteiger partial charge in [0, 0.05) is 37.1 Å². The van der Waals surface area contributed by atoms with Crippen molar-refractivity contribution in [2.45, 2.75) is 25.8 Å². The highest BCUT2D eigenvalue weighted by Crippen LogP contribution is 2.29. The van der Waals surface area contributed by atoms with Crippen molar-refractivity contribution in [2.24, 2.45) is 0 Å². The van der Waals surface area contributed by atoms with Crippen LogP contribution in [0.3, 0.4) is 0 Å². The van der Waals surface area contributed by atoms with Crippen molar-refractivity contribution >= 4 is 11.9 Å². The van der Waals surface area contributed by atoms with E-state index in [2.05, 4.69) is 6.07 Å². The SMILES string of the molecule is COC(=O)c1cccn1C1CCN(C(=O)c2cn(-c3ccccc3)nc2-c2cccc(C)c2)CC1. The summed E-state index contributed by atoms with van der Waals surface area (Å²) in [5.74, 6) is -0.368. The first-order valence-corrected chi connectivity index (χ1v) is 11.8. The van der Waals surface area contributed by atoms with Crippen molar-refractivity contribution in [2.75, 3.05) is 20.2 Å². The van der Waals surface area contributed by atoms with E-state index in [1.165, 1.54) is 7.11 Å². The van der Waals surface area contributed by atoms with Gasteiger partial charge in [-0.05, 0) is 50.1 Å². The van der Waals surface area contributed by atoms with E-state index in [1.54, 1.807) is 10.7 Å². The summed E-state index contributed by atoms with van der Waals surface area (Å²) in [6, 6.07) is 21.7. The highest BCUT2D eigenvalue weighted by atomic mass is 16.5. The minimum Gasteiger partial charge on any atom is -0.464 e. The van der Waals surface area contributed by atoms with E-state index in [4.69, 9.17) is 9.84 Å². The number of hydrogen-bond acceptors (Lipinski definition) is 4. The lowest BCUT2D eigenvalue weighted by Gasteiger charge is -2.33. The van der Waals surface area contributed by atoms with Crippen molar-refractivity contribution in [3.05, 3.63) is 95.9 Å². The Morgan fingerprint density at radius 1 is 0.971 bits per heavy atom. The van der Waals surface area contributed by atoms with Crippen LogP contribution in [0.25, 0.3) is 16.9 Å². The van der Waals surface area contributed by atoms with Crippen molar-refractivity contribution in [3.63, 3.8) is 0 Å². The van der Waals surface area contributed by atoms with Crippen LogP contribution >= 0.6 is 0 Å². The number of rotatable bonds is 5. The number of methoxy groups -OCH3 is 1. The second-order valence-electron chi connectivity index (χ2n) is 8.86. The Morgan fingerprint density at radius 3 is 2.46 bits per heavy atom. The summed E-state index contributed by atoms with van der Waals surface area (Å²) >= 11 is 0. The predicted molar refractivity (Wildman–Crippen MR) is 134 cm³/mol. The third-order valence-corrected chi connectivity index (χ3v) is 6.58. The zero-order valence-corrected chi connectivity index (χ0v) is 19.9. The minimum atomic E-state index is -0.343. The molecule has 7 nitrogen and oxygen atoms in total. The van der Waals surface area contributed by atoms with E-state index < -0.39 is 0 Å². The average molecular weight is 469 g/mol. The molecular formula is C28H28N4O3. The molecule has 2 aromatic carbocycles. The van der Waals surface area contributed by atoms with Crippen molar-refractivity contribution in [1.82, 2.24) is 19.2 Å². The molecular weight excluding hydrogens is 440 g/mol. The molecule has 0 spiro atoms. The third kappa shape index (κ3) is 4.49. The Balaban J connectivity index is 1.41. The topological polar surface area (TPSA) is 69.4 Å². The van der Waals surface area contributed by atoms with Gasteiger partial charge >= 0.3 is 5.97 Å². The van der Waals surface area contributed by atoms with Crippen LogP contribution in [0, 0.1) is 6.92 Å². The molecule has 2 aromatic heterocycles. The van der Waals surface area contributed by atoms with Crippen LogP contribution < -0.4 is 0 Å². The lowest BCUT2D eigenvalue weighted by molar-refractivity contribution is 0.0573. The number of esters is 1. The first-order valence-electron chi connectivity index (χ1n) is 11.8. The molecule has 0 N–H and O–H groups in total. The van der Waals surface area contributed by atoms with E-state index in [0.717, 1.165) is 29.7 Å². The van der Waals surface area contributed by atoms with Crippen molar-refractivity contribution < 1.29 is 14.3 Å². The fourth-order valence-corrected chi connectivity index (χ4v) is 4.76. The number of ether oxygens (including phenoxy) is 1. The van der Waals surface area contributed by atoms with E-state index in [9.17, 15) is 9.59 Å². The summed E-state index contributed by atoms with van der Waals surface area (Å²) in [6.07, 6.45) is 5.27. The van der Waals surface area contributed by atoms with E-state index in [-0.39, 0.29) is 17.9 Å². The molecule has 5 rings (SSSR count). The molecule has 7 heteroatoms. The number of aromatic nitrogens is 3. The summed E-state index contributed by atoms with van der Waals surface area (Å²) in [6.45, 7) is 3.24. The number of piperidine rings is 1. The Morgan fingerprint density at radius 2 is 1.74 bits per heavy atom. The highest BCUT2D eigenvalue weighted by molar-refractivity contribution is 6.00. The van der Waals surface area contributed by atoms with Crippen LogP contribution in [-0.2, 0) is 4.74 Å². The van der Waals surface area contributed by atoms with E-state index in [1.807, 2.05) is 83.4 Å². The quantitative estimate of drug-likeness (QED) is 0.390. The number of carbonyl (C=O) groups is 2. The Hall–Kier alpha value is -4.13. The second-order valence-corrected chi connectivity index (χ2v) is 8.86. The number of likely N-dealkylation sites (tertiary alicyclic amines) is 1. The van der Waals surface area contributed by atoms with Gasteiger partial charge < -0.3 is 14.2 Å². The molecule has 1 saturated heterocycles. The summed E-state index contributed by atoms with van der Waals surface area (Å²) in [5, 5.41) is 4.82. The van der Waals surface area contributed by atoms with E-state index in [0.29, 0.717) is 30.0 Å². The normalized spacial score (nSPS) is 14.2.